The Morgan fingerprint density at radius 2 is 2.33 bits per heavy atom. The smallest absolute Gasteiger partial charge is 0.167 e. The van der Waals surface area contributed by atoms with E-state index in [0.717, 1.165) is 0 Å². The molecule has 1 aromatic carbocycles. The molecule has 0 radical (unpaired) electrons. The molecule has 1 aromatic heterocycles. The first-order valence-corrected chi connectivity index (χ1v) is 3.55. The summed E-state index contributed by atoms with van der Waals surface area (Å²) < 4.78 is 17.6. The molecule has 2 N–H and O–H groups in total. The zero-order valence-electron chi connectivity index (χ0n) is 6.25. The minimum Gasteiger partial charge on any atom is -0.356 e. The predicted molar refractivity (Wildman–Crippen MR) is 41.9 cm³/mol. The fourth-order valence-electron chi connectivity index (χ4n) is 1.11. The van der Waals surface area contributed by atoms with Gasteiger partial charge in [-0.25, -0.2) is 4.39 Å². The van der Waals surface area contributed by atoms with E-state index in [9.17, 15) is 4.39 Å². The van der Waals surface area contributed by atoms with Crippen LogP contribution < -0.4 is 5.73 Å². The summed E-state index contributed by atoms with van der Waals surface area (Å²) in [6, 6.07) is 4.23. The largest absolute Gasteiger partial charge is 0.356 e. The van der Waals surface area contributed by atoms with Crippen LogP contribution in [0.25, 0.3) is 11.0 Å². The number of fused-ring (bicyclic) bond motifs is 1. The van der Waals surface area contributed by atoms with Crippen molar-refractivity contribution in [1.29, 1.82) is 0 Å². The Morgan fingerprint density at radius 3 is 3.08 bits per heavy atom. The first-order chi connectivity index (χ1) is 5.81. The van der Waals surface area contributed by atoms with Crippen LogP contribution in [-0.4, -0.2) is 5.16 Å². The number of rotatable bonds is 1. The van der Waals surface area contributed by atoms with Crippen molar-refractivity contribution < 1.29 is 8.91 Å². The summed E-state index contributed by atoms with van der Waals surface area (Å²) in [4.78, 5) is 0. The van der Waals surface area contributed by atoms with Crippen LogP contribution in [-0.2, 0) is 6.54 Å². The van der Waals surface area contributed by atoms with Crippen LogP contribution in [0.15, 0.2) is 22.7 Å². The Morgan fingerprint density at radius 1 is 1.50 bits per heavy atom. The first-order valence-electron chi connectivity index (χ1n) is 3.55. The van der Waals surface area contributed by atoms with E-state index >= 15 is 0 Å². The lowest BCUT2D eigenvalue weighted by atomic mass is 10.2. The summed E-state index contributed by atoms with van der Waals surface area (Å²) >= 11 is 0. The number of nitrogens with zero attached hydrogens (tertiary/aromatic N) is 1. The molecule has 4 heteroatoms. The second-order valence-corrected chi connectivity index (χ2v) is 2.47. The third-order valence-electron chi connectivity index (χ3n) is 1.70. The van der Waals surface area contributed by atoms with Crippen LogP contribution in [0.3, 0.4) is 0 Å². The lowest BCUT2D eigenvalue weighted by Crippen LogP contribution is -1.96. The van der Waals surface area contributed by atoms with Gasteiger partial charge in [0.05, 0.1) is 0 Å². The SMILES string of the molecule is NCc1noc2ccc(F)cc12. The summed E-state index contributed by atoms with van der Waals surface area (Å²) in [5.41, 5.74) is 6.52. The number of nitrogens with two attached hydrogens (primary N) is 1. The Hall–Kier alpha value is -1.42. The van der Waals surface area contributed by atoms with Crippen molar-refractivity contribution in [2.24, 2.45) is 5.73 Å². The van der Waals surface area contributed by atoms with Crippen molar-refractivity contribution in [2.75, 3.05) is 0 Å². The molecular weight excluding hydrogens is 159 g/mol. The second kappa shape index (κ2) is 2.57. The van der Waals surface area contributed by atoms with Gasteiger partial charge in [-0.2, -0.15) is 0 Å². The maximum Gasteiger partial charge on any atom is 0.167 e. The highest BCUT2D eigenvalue weighted by molar-refractivity contribution is 5.79. The second-order valence-electron chi connectivity index (χ2n) is 2.47. The van der Waals surface area contributed by atoms with Crippen molar-refractivity contribution in [1.82, 2.24) is 5.16 Å². The average molecular weight is 166 g/mol. The molecule has 0 bridgehead atoms. The van der Waals surface area contributed by atoms with E-state index < -0.39 is 0 Å². The van der Waals surface area contributed by atoms with Gasteiger partial charge in [0, 0.05) is 11.9 Å². The van der Waals surface area contributed by atoms with Gasteiger partial charge in [0.25, 0.3) is 0 Å². The van der Waals surface area contributed by atoms with Crippen molar-refractivity contribution in [3.8, 4) is 0 Å². The maximum atomic E-state index is 12.7. The molecule has 0 unspecified atom stereocenters. The molecule has 12 heavy (non-hydrogen) atoms. The van der Waals surface area contributed by atoms with Crippen molar-refractivity contribution >= 4 is 11.0 Å². The van der Waals surface area contributed by atoms with Crippen molar-refractivity contribution in [3.63, 3.8) is 0 Å². The Balaban J connectivity index is 2.75. The van der Waals surface area contributed by atoms with E-state index in [-0.39, 0.29) is 12.4 Å². The van der Waals surface area contributed by atoms with Crippen LogP contribution >= 0.6 is 0 Å². The van der Waals surface area contributed by atoms with Gasteiger partial charge in [0.2, 0.25) is 0 Å². The third-order valence-corrected chi connectivity index (χ3v) is 1.70. The first kappa shape index (κ1) is 7.24. The number of aromatic nitrogens is 1. The molecule has 2 aromatic rings. The molecular formula is C8H7FN2O. The van der Waals surface area contributed by atoms with Crippen LogP contribution in [0.1, 0.15) is 5.69 Å². The van der Waals surface area contributed by atoms with Crippen LogP contribution in [0, 0.1) is 5.82 Å². The summed E-state index contributed by atoms with van der Waals surface area (Å²) in [7, 11) is 0. The van der Waals surface area contributed by atoms with E-state index in [1.165, 1.54) is 18.2 Å². The summed E-state index contributed by atoms with van der Waals surface area (Å²) in [5, 5.41) is 4.34. The molecule has 0 saturated carbocycles. The molecule has 0 amide bonds. The molecule has 0 aliphatic carbocycles. The maximum absolute atomic E-state index is 12.7. The van der Waals surface area contributed by atoms with E-state index in [1.54, 1.807) is 0 Å². The highest BCUT2D eigenvalue weighted by Gasteiger charge is 2.06. The molecule has 3 nitrogen and oxygen atoms in total. The van der Waals surface area contributed by atoms with Crippen molar-refractivity contribution in [2.45, 2.75) is 6.54 Å². The van der Waals surface area contributed by atoms with Gasteiger partial charge < -0.3 is 10.3 Å². The molecule has 0 aliphatic rings. The molecule has 0 fully saturated rings. The monoisotopic (exact) mass is 166 g/mol. The van der Waals surface area contributed by atoms with Crippen LogP contribution in [0.4, 0.5) is 4.39 Å². The Kier molecular flexibility index (Phi) is 1.55. The van der Waals surface area contributed by atoms with E-state index in [0.29, 0.717) is 16.7 Å². The fraction of sp³-hybridized carbons (Fsp3) is 0.125. The predicted octanol–water partition coefficient (Wildman–Crippen LogP) is 1.43. The van der Waals surface area contributed by atoms with E-state index in [2.05, 4.69) is 5.16 Å². The lowest BCUT2D eigenvalue weighted by Gasteiger charge is -1.89. The molecule has 62 valence electrons. The number of hydrogen-bond acceptors (Lipinski definition) is 3. The topological polar surface area (TPSA) is 52.0 Å². The van der Waals surface area contributed by atoms with Gasteiger partial charge >= 0.3 is 0 Å². The fourth-order valence-corrected chi connectivity index (χ4v) is 1.11. The normalized spacial score (nSPS) is 10.8. The van der Waals surface area contributed by atoms with Gasteiger partial charge in [0.1, 0.15) is 11.5 Å². The quantitative estimate of drug-likeness (QED) is 0.697. The van der Waals surface area contributed by atoms with E-state index in [1.807, 2.05) is 0 Å². The zero-order valence-corrected chi connectivity index (χ0v) is 6.25. The highest BCUT2D eigenvalue weighted by Crippen LogP contribution is 2.18. The Labute approximate surface area is 67.9 Å². The molecule has 2 rings (SSSR count). The molecule has 0 spiro atoms. The van der Waals surface area contributed by atoms with E-state index in [4.69, 9.17) is 10.3 Å². The van der Waals surface area contributed by atoms with Crippen LogP contribution in [0.2, 0.25) is 0 Å². The standard InChI is InChI=1S/C8H7FN2O/c9-5-1-2-8-6(3-5)7(4-10)11-12-8/h1-3H,4,10H2. The summed E-state index contributed by atoms with van der Waals surface area (Å²) in [5.74, 6) is -0.305. The molecule has 1 heterocycles. The minimum absolute atomic E-state index is 0.260. The third kappa shape index (κ3) is 0.967. The number of benzene rings is 1. The van der Waals surface area contributed by atoms with Crippen molar-refractivity contribution in [3.05, 3.63) is 29.7 Å². The van der Waals surface area contributed by atoms with Gasteiger partial charge in [-0.15, -0.1) is 0 Å². The highest BCUT2D eigenvalue weighted by atomic mass is 19.1. The molecule has 0 aliphatic heterocycles. The van der Waals surface area contributed by atoms with Gasteiger partial charge in [-0.3, -0.25) is 0 Å². The minimum atomic E-state index is -0.305. The van der Waals surface area contributed by atoms with Gasteiger partial charge in [-0.05, 0) is 18.2 Å². The average Bonchev–Trinajstić information content (AvgIpc) is 2.46. The molecule has 0 atom stereocenters. The Bertz CT molecular complexity index is 410. The number of hydrogen-bond donors (Lipinski definition) is 1. The van der Waals surface area contributed by atoms with Gasteiger partial charge in [-0.1, -0.05) is 5.16 Å². The van der Waals surface area contributed by atoms with Gasteiger partial charge in [0.15, 0.2) is 5.58 Å². The number of halogens is 1. The zero-order chi connectivity index (χ0) is 8.55. The summed E-state index contributed by atoms with van der Waals surface area (Å²) in [6.45, 7) is 0.260. The van der Waals surface area contributed by atoms with Crippen LogP contribution in [0.5, 0.6) is 0 Å². The lowest BCUT2D eigenvalue weighted by molar-refractivity contribution is 0.446. The molecule has 0 saturated heterocycles. The summed E-state index contributed by atoms with van der Waals surface area (Å²) in [6.07, 6.45) is 0.